The predicted molar refractivity (Wildman–Crippen MR) is 116 cm³/mol. The van der Waals surface area contributed by atoms with Crippen LogP contribution in [0.2, 0.25) is 0 Å². The Morgan fingerprint density at radius 3 is 2.40 bits per heavy atom. The first-order chi connectivity index (χ1) is 14.1. The van der Waals surface area contributed by atoms with E-state index < -0.39 is 6.10 Å². The summed E-state index contributed by atoms with van der Waals surface area (Å²) in [6, 6.07) is 14.0. The van der Waals surface area contributed by atoms with Crippen LogP contribution < -0.4 is 20.3 Å². The van der Waals surface area contributed by atoms with Gasteiger partial charge in [-0.1, -0.05) is 12.1 Å². The number of carbonyl (C=O) groups excluding carboxylic acids is 3. The highest BCUT2D eigenvalue weighted by Crippen LogP contribution is 2.33. The second kappa shape index (κ2) is 8.57. The first kappa shape index (κ1) is 21.4. The van der Waals surface area contributed by atoms with E-state index in [1.807, 2.05) is 39.0 Å². The molecule has 0 radical (unpaired) electrons. The maximum absolute atomic E-state index is 12.5. The zero-order valence-corrected chi connectivity index (χ0v) is 17.7. The molecule has 3 amide bonds. The van der Waals surface area contributed by atoms with Crippen molar-refractivity contribution < 1.29 is 19.1 Å². The lowest BCUT2D eigenvalue weighted by Crippen LogP contribution is -2.45. The van der Waals surface area contributed by atoms with Crippen molar-refractivity contribution in [1.82, 2.24) is 5.32 Å². The summed E-state index contributed by atoms with van der Waals surface area (Å²) in [6.45, 7) is 7.69. The SMILES string of the molecule is CC1Oc2ccccc2N(CCC(=O)Nc2ccc(C(=O)NC(C)(C)C)cc2)C1=O. The van der Waals surface area contributed by atoms with Crippen molar-refractivity contribution in [2.45, 2.75) is 45.8 Å². The number of benzene rings is 2. The van der Waals surface area contributed by atoms with Gasteiger partial charge in [-0.3, -0.25) is 14.4 Å². The highest BCUT2D eigenvalue weighted by Gasteiger charge is 2.31. The van der Waals surface area contributed by atoms with Gasteiger partial charge < -0.3 is 20.3 Å². The summed E-state index contributed by atoms with van der Waals surface area (Å²) in [5.74, 6) is 0.0788. The summed E-state index contributed by atoms with van der Waals surface area (Å²) in [6.07, 6.45) is -0.450. The number of hydrogen-bond acceptors (Lipinski definition) is 4. The number of anilines is 2. The van der Waals surface area contributed by atoms with Gasteiger partial charge in [-0.2, -0.15) is 0 Å². The lowest BCUT2D eigenvalue weighted by molar-refractivity contribution is -0.125. The Balaban J connectivity index is 1.59. The Morgan fingerprint density at radius 1 is 1.07 bits per heavy atom. The molecule has 7 heteroatoms. The van der Waals surface area contributed by atoms with Crippen molar-refractivity contribution in [2.75, 3.05) is 16.8 Å². The Morgan fingerprint density at radius 2 is 1.73 bits per heavy atom. The van der Waals surface area contributed by atoms with Gasteiger partial charge in [0.05, 0.1) is 5.69 Å². The molecule has 3 rings (SSSR count). The van der Waals surface area contributed by atoms with E-state index in [4.69, 9.17) is 4.74 Å². The topological polar surface area (TPSA) is 87.7 Å². The van der Waals surface area contributed by atoms with Crippen LogP contribution in [0.5, 0.6) is 5.75 Å². The summed E-state index contributed by atoms with van der Waals surface area (Å²) in [5.41, 5.74) is 1.46. The van der Waals surface area contributed by atoms with Gasteiger partial charge in [0.1, 0.15) is 5.75 Å². The van der Waals surface area contributed by atoms with Crippen molar-refractivity contribution >= 4 is 29.1 Å². The Bertz CT molecular complexity index is 948. The fourth-order valence-electron chi connectivity index (χ4n) is 3.14. The molecule has 2 aromatic rings. The minimum atomic E-state index is -0.588. The fourth-order valence-corrected chi connectivity index (χ4v) is 3.14. The number of nitrogens with zero attached hydrogens (tertiary/aromatic N) is 1. The number of carbonyl (C=O) groups is 3. The van der Waals surface area contributed by atoms with Crippen LogP contribution in [-0.2, 0) is 9.59 Å². The number of rotatable bonds is 5. The molecule has 1 aliphatic rings. The predicted octanol–water partition coefficient (Wildman–Crippen LogP) is 3.36. The Kier molecular flexibility index (Phi) is 6.10. The first-order valence-corrected chi connectivity index (χ1v) is 9.93. The van der Waals surface area contributed by atoms with E-state index in [1.165, 1.54) is 0 Å². The summed E-state index contributed by atoms with van der Waals surface area (Å²) in [5, 5.41) is 5.70. The molecular formula is C23H27N3O4. The molecule has 0 saturated heterocycles. The monoisotopic (exact) mass is 409 g/mol. The Hall–Kier alpha value is -3.35. The average Bonchev–Trinajstić information content (AvgIpc) is 2.67. The standard InChI is InChI=1S/C23H27N3O4/c1-15-22(29)26(18-7-5-6-8-19(18)30-15)14-13-20(27)24-17-11-9-16(10-12-17)21(28)25-23(2,3)4/h5-12,15H,13-14H2,1-4H3,(H,24,27)(H,25,28). The van der Waals surface area contributed by atoms with Crippen molar-refractivity contribution in [3.05, 3.63) is 54.1 Å². The number of amides is 3. The second-order valence-electron chi connectivity index (χ2n) is 8.30. The highest BCUT2D eigenvalue weighted by molar-refractivity contribution is 6.01. The molecule has 2 aromatic carbocycles. The van der Waals surface area contributed by atoms with Gasteiger partial charge in [-0.15, -0.1) is 0 Å². The Labute approximate surface area is 176 Å². The number of para-hydroxylation sites is 2. The lowest BCUT2D eigenvalue weighted by Gasteiger charge is -2.32. The van der Waals surface area contributed by atoms with Crippen LogP contribution >= 0.6 is 0 Å². The molecule has 2 N–H and O–H groups in total. The van der Waals surface area contributed by atoms with E-state index in [0.29, 0.717) is 22.7 Å². The zero-order chi connectivity index (χ0) is 21.9. The summed E-state index contributed by atoms with van der Waals surface area (Å²) in [7, 11) is 0. The van der Waals surface area contributed by atoms with E-state index in [1.54, 1.807) is 42.2 Å². The van der Waals surface area contributed by atoms with E-state index in [0.717, 1.165) is 0 Å². The molecule has 1 aliphatic heterocycles. The molecule has 0 aliphatic carbocycles. The van der Waals surface area contributed by atoms with Crippen molar-refractivity contribution in [1.29, 1.82) is 0 Å². The van der Waals surface area contributed by atoms with Gasteiger partial charge in [0, 0.05) is 29.8 Å². The van der Waals surface area contributed by atoms with E-state index in [-0.39, 0.29) is 36.2 Å². The third kappa shape index (κ3) is 5.17. The molecule has 158 valence electrons. The van der Waals surface area contributed by atoms with Crippen molar-refractivity contribution in [3.63, 3.8) is 0 Å². The molecule has 1 heterocycles. The van der Waals surface area contributed by atoms with Gasteiger partial charge in [0.25, 0.3) is 11.8 Å². The molecule has 1 atom stereocenters. The molecule has 0 fully saturated rings. The smallest absolute Gasteiger partial charge is 0.267 e. The van der Waals surface area contributed by atoms with Crippen LogP contribution in [0.3, 0.4) is 0 Å². The van der Waals surface area contributed by atoms with Crippen LogP contribution in [0.1, 0.15) is 44.5 Å². The van der Waals surface area contributed by atoms with Gasteiger partial charge in [0.2, 0.25) is 5.91 Å². The second-order valence-corrected chi connectivity index (χ2v) is 8.30. The van der Waals surface area contributed by atoms with Crippen LogP contribution in [0.4, 0.5) is 11.4 Å². The van der Waals surface area contributed by atoms with Crippen molar-refractivity contribution in [2.24, 2.45) is 0 Å². The van der Waals surface area contributed by atoms with Gasteiger partial charge in [-0.05, 0) is 64.1 Å². The number of hydrogen-bond donors (Lipinski definition) is 2. The molecule has 0 aromatic heterocycles. The maximum Gasteiger partial charge on any atom is 0.267 e. The number of nitrogens with one attached hydrogen (secondary N) is 2. The molecule has 0 saturated carbocycles. The van der Waals surface area contributed by atoms with Gasteiger partial charge in [-0.25, -0.2) is 0 Å². The zero-order valence-electron chi connectivity index (χ0n) is 17.7. The largest absolute Gasteiger partial charge is 0.479 e. The summed E-state index contributed by atoms with van der Waals surface area (Å²) < 4.78 is 5.61. The van der Waals surface area contributed by atoms with Gasteiger partial charge >= 0.3 is 0 Å². The molecule has 7 nitrogen and oxygen atoms in total. The minimum absolute atomic E-state index is 0.138. The maximum atomic E-state index is 12.5. The van der Waals surface area contributed by atoms with E-state index >= 15 is 0 Å². The average molecular weight is 409 g/mol. The quantitative estimate of drug-likeness (QED) is 0.793. The van der Waals surface area contributed by atoms with E-state index in [2.05, 4.69) is 10.6 Å². The molecule has 1 unspecified atom stereocenters. The minimum Gasteiger partial charge on any atom is -0.479 e. The summed E-state index contributed by atoms with van der Waals surface area (Å²) in [4.78, 5) is 38.7. The third-order valence-electron chi connectivity index (χ3n) is 4.56. The number of ether oxygens (including phenoxy) is 1. The summed E-state index contributed by atoms with van der Waals surface area (Å²) >= 11 is 0. The van der Waals surface area contributed by atoms with E-state index in [9.17, 15) is 14.4 Å². The van der Waals surface area contributed by atoms with Crippen LogP contribution in [0.15, 0.2) is 48.5 Å². The highest BCUT2D eigenvalue weighted by atomic mass is 16.5. The molecule has 30 heavy (non-hydrogen) atoms. The molecular weight excluding hydrogens is 382 g/mol. The lowest BCUT2D eigenvalue weighted by atomic mass is 10.1. The van der Waals surface area contributed by atoms with Gasteiger partial charge in [0.15, 0.2) is 6.10 Å². The molecule has 0 spiro atoms. The van der Waals surface area contributed by atoms with Crippen LogP contribution in [0.25, 0.3) is 0 Å². The van der Waals surface area contributed by atoms with Crippen LogP contribution in [-0.4, -0.2) is 35.9 Å². The fraction of sp³-hybridized carbons (Fsp3) is 0.348. The van der Waals surface area contributed by atoms with Crippen LogP contribution in [0, 0.1) is 0 Å². The van der Waals surface area contributed by atoms with Crippen molar-refractivity contribution in [3.8, 4) is 5.75 Å². The number of fused-ring (bicyclic) bond motifs is 1. The first-order valence-electron chi connectivity index (χ1n) is 9.93. The third-order valence-corrected chi connectivity index (χ3v) is 4.56. The molecule has 0 bridgehead atoms. The normalized spacial score (nSPS) is 15.8.